The molecule has 0 atom stereocenters. The number of hydrogen-bond donors (Lipinski definition) is 1. The molecule has 6 rings (SSSR count). The van der Waals surface area contributed by atoms with Crippen LogP contribution in [-0.2, 0) is 6.42 Å². The first-order valence-corrected chi connectivity index (χ1v) is 13.2. The number of carboxylic acids is 1. The molecule has 0 saturated heterocycles. The molecule has 0 aliphatic heterocycles. The van der Waals surface area contributed by atoms with Gasteiger partial charge in [-0.2, -0.15) is 19.6 Å². The number of benzene rings is 3. The van der Waals surface area contributed by atoms with E-state index in [0.717, 1.165) is 22.5 Å². The van der Waals surface area contributed by atoms with Crippen LogP contribution in [0.1, 0.15) is 28.9 Å². The van der Waals surface area contributed by atoms with Gasteiger partial charge in [0, 0.05) is 23.1 Å². The van der Waals surface area contributed by atoms with E-state index in [1.165, 1.54) is 12.1 Å². The number of aromatic carboxylic acids is 1. The lowest BCUT2D eigenvalue weighted by atomic mass is 10.1. The Bertz CT molecular complexity index is 1870. The third-order valence-electron chi connectivity index (χ3n) is 6.45. The lowest BCUT2D eigenvalue weighted by molar-refractivity contribution is 0.0697. The summed E-state index contributed by atoms with van der Waals surface area (Å²) in [7, 11) is 0. The highest BCUT2D eigenvalue weighted by Crippen LogP contribution is 2.29. The van der Waals surface area contributed by atoms with E-state index in [4.69, 9.17) is 21.1 Å². The fourth-order valence-electron chi connectivity index (χ4n) is 4.41. The van der Waals surface area contributed by atoms with Crippen LogP contribution in [0.2, 0.25) is 5.02 Å². The molecule has 202 valence electrons. The molecule has 0 radical (unpaired) electrons. The van der Waals surface area contributed by atoms with E-state index in [1.807, 2.05) is 73.7 Å². The van der Waals surface area contributed by atoms with Crippen LogP contribution in [0.3, 0.4) is 0 Å². The Balaban J connectivity index is 1.39. The summed E-state index contributed by atoms with van der Waals surface area (Å²) in [5.41, 5.74) is 4.17. The predicted octanol–water partition coefficient (Wildman–Crippen LogP) is 6.85. The third kappa shape index (κ3) is 5.18. The second-order valence-corrected chi connectivity index (χ2v) is 9.49. The van der Waals surface area contributed by atoms with Crippen molar-refractivity contribution in [1.29, 1.82) is 0 Å². The zero-order valence-corrected chi connectivity index (χ0v) is 22.6. The molecule has 9 nitrogen and oxygen atoms in total. The first-order valence-electron chi connectivity index (χ1n) is 12.8. The monoisotopic (exact) mass is 562 g/mol. The van der Waals surface area contributed by atoms with Crippen LogP contribution in [0.5, 0.6) is 0 Å². The average Bonchev–Trinajstić information content (AvgIpc) is 3.75. The van der Waals surface area contributed by atoms with Crippen molar-refractivity contribution in [2.45, 2.75) is 13.3 Å². The van der Waals surface area contributed by atoms with Crippen LogP contribution in [0.25, 0.3) is 39.8 Å². The molecule has 0 aliphatic carbocycles. The van der Waals surface area contributed by atoms with Crippen molar-refractivity contribution in [3.8, 4) is 39.8 Å². The predicted molar refractivity (Wildman–Crippen MR) is 156 cm³/mol. The summed E-state index contributed by atoms with van der Waals surface area (Å²) in [4.78, 5) is 11.5. The molecular weight excluding hydrogens is 540 g/mol. The molecular formula is C31H23ClN6O3. The number of carboxylic acid groups (broad SMARTS) is 1. The third-order valence-corrected chi connectivity index (χ3v) is 6.78. The van der Waals surface area contributed by atoms with Crippen LogP contribution in [0.15, 0.2) is 107 Å². The van der Waals surface area contributed by atoms with Gasteiger partial charge in [0.25, 0.3) is 5.95 Å². The highest BCUT2D eigenvalue weighted by Gasteiger charge is 2.20. The number of halogens is 1. The molecule has 0 unspecified atom stereocenters. The molecule has 6 aromatic rings. The number of furan rings is 1. The number of hydrogen-bond acceptors (Lipinski definition) is 6. The van der Waals surface area contributed by atoms with Crippen molar-refractivity contribution in [1.82, 2.24) is 24.7 Å². The molecule has 0 bridgehead atoms. The quantitative estimate of drug-likeness (QED) is 0.203. The van der Waals surface area contributed by atoms with Crippen molar-refractivity contribution in [2.24, 2.45) is 5.10 Å². The number of rotatable bonds is 8. The zero-order chi connectivity index (χ0) is 28.3. The molecule has 0 aliphatic rings. The van der Waals surface area contributed by atoms with E-state index in [-0.39, 0.29) is 10.6 Å². The normalized spacial score (nSPS) is 11.4. The SMILES string of the molecule is CCc1nnc(-n2nc(-c3ccccc3)cc2-c2ccccc2)n1/N=C/c1ccc(-c2ccc(Cl)c(C(=O)O)c2)o1. The van der Waals surface area contributed by atoms with Gasteiger partial charge in [-0.15, -0.1) is 10.2 Å². The summed E-state index contributed by atoms with van der Waals surface area (Å²) in [6.07, 6.45) is 2.15. The molecule has 41 heavy (non-hydrogen) atoms. The van der Waals surface area contributed by atoms with Gasteiger partial charge >= 0.3 is 5.97 Å². The van der Waals surface area contributed by atoms with Gasteiger partial charge in [0.15, 0.2) is 5.82 Å². The molecule has 0 amide bonds. The van der Waals surface area contributed by atoms with Gasteiger partial charge < -0.3 is 9.52 Å². The molecule has 3 aromatic heterocycles. The van der Waals surface area contributed by atoms with Crippen LogP contribution in [0.4, 0.5) is 0 Å². The minimum absolute atomic E-state index is 0.000757. The Morgan fingerprint density at radius 3 is 2.37 bits per heavy atom. The fraction of sp³-hybridized carbons (Fsp3) is 0.0645. The molecule has 0 saturated carbocycles. The summed E-state index contributed by atoms with van der Waals surface area (Å²) in [6.45, 7) is 1.97. The van der Waals surface area contributed by atoms with Crippen molar-refractivity contribution >= 4 is 23.8 Å². The van der Waals surface area contributed by atoms with Gasteiger partial charge in [0.2, 0.25) is 0 Å². The van der Waals surface area contributed by atoms with Crippen molar-refractivity contribution in [3.63, 3.8) is 0 Å². The van der Waals surface area contributed by atoms with E-state index < -0.39 is 5.97 Å². The molecule has 3 aromatic carbocycles. The fourth-order valence-corrected chi connectivity index (χ4v) is 4.60. The van der Waals surface area contributed by atoms with Gasteiger partial charge in [-0.25, -0.2) is 4.79 Å². The Kier molecular flexibility index (Phi) is 7.01. The van der Waals surface area contributed by atoms with E-state index in [2.05, 4.69) is 15.3 Å². The van der Waals surface area contributed by atoms with E-state index in [0.29, 0.717) is 35.3 Å². The molecule has 10 heteroatoms. The minimum atomic E-state index is -1.11. The Hall–Kier alpha value is -5.28. The largest absolute Gasteiger partial charge is 0.478 e. The first kappa shape index (κ1) is 26.0. The van der Waals surface area contributed by atoms with Crippen molar-refractivity contribution in [3.05, 3.63) is 119 Å². The maximum Gasteiger partial charge on any atom is 0.337 e. The Morgan fingerprint density at radius 2 is 1.66 bits per heavy atom. The lowest BCUT2D eigenvalue weighted by Gasteiger charge is -2.07. The second kappa shape index (κ2) is 11.1. The van der Waals surface area contributed by atoms with Crippen molar-refractivity contribution in [2.75, 3.05) is 0 Å². The van der Waals surface area contributed by atoms with Crippen molar-refractivity contribution < 1.29 is 14.3 Å². The van der Waals surface area contributed by atoms with Crippen LogP contribution < -0.4 is 0 Å². The van der Waals surface area contributed by atoms with E-state index in [9.17, 15) is 9.90 Å². The Labute approximate surface area is 240 Å². The average molecular weight is 563 g/mol. The summed E-state index contributed by atoms with van der Waals surface area (Å²) < 4.78 is 9.34. The van der Waals surface area contributed by atoms with Crippen LogP contribution in [0, 0.1) is 0 Å². The maximum absolute atomic E-state index is 11.5. The first-order chi connectivity index (χ1) is 20.0. The van der Waals surface area contributed by atoms with Crippen LogP contribution in [-0.4, -0.2) is 41.9 Å². The highest BCUT2D eigenvalue weighted by molar-refractivity contribution is 6.33. The summed E-state index contributed by atoms with van der Waals surface area (Å²) in [5, 5.41) is 27.9. The van der Waals surface area contributed by atoms with Crippen LogP contribution >= 0.6 is 11.6 Å². The van der Waals surface area contributed by atoms with Gasteiger partial charge in [0.1, 0.15) is 11.5 Å². The smallest absolute Gasteiger partial charge is 0.337 e. The standard InChI is InChI=1S/C31H23ClN6O3/c1-2-29-34-35-31(37-27(21-11-7-4-8-12-21)18-26(36-37)20-9-5-3-6-10-20)38(29)33-19-23-14-16-28(41-23)22-13-15-25(32)24(17-22)30(39)40/h3-19H,2H2,1H3,(H,39,40)/b33-19+. The number of nitrogens with zero attached hydrogens (tertiary/aromatic N) is 6. The topological polar surface area (TPSA) is 111 Å². The van der Waals surface area contributed by atoms with Gasteiger partial charge in [-0.1, -0.05) is 79.2 Å². The summed E-state index contributed by atoms with van der Waals surface area (Å²) >= 11 is 6.02. The molecule has 3 heterocycles. The van der Waals surface area contributed by atoms with Gasteiger partial charge in [-0.3, -0.25) is 0 Å². The number of carbonyl (C=O) groups is 1. The minimum Gasteiger partial charge on any atom is -0.478 e. The molecule has 1 N–H and O–H groups in total. The highest BCUT2D eigenvalue weighted by atomic mass is 35.5. The zero-order valence-electron chi connectivity index (χ0n) is 21.8. The van der Waals surface area contributed by atoms with Gasteiger partial charge in [0.05, 0.1) is 28.2 Å². The van der Waals surface area contributed by atoms with Gasteiger partial charge in [-0.05, 0) is 36.4 Å². The maximum atomic E-state index is 11.5. The molecule has 0 spiro atoms. The summed E-state index contributed by atoms with van der Waals surface area (Å²) in [5.74, 6) is 0.900. The summed E-state index contributed by atoms with van der Waals surface area (Å²) in [6, 6.07) is 30.1. The Morgan fingerprint density at radius 1 is 0.927 bits per heavy atom. The van der Waals surface area contributed by atoms with E-state index >= 15 is 0 Å². The lowest BCUT2D eigenvalue weighted by Crippen LogP contribution is -2.08. The number of aromatic nitrogens is 5. The second-order valence-electron chi connectivity index (χ2n) is 9.09. The molecule has 0 fully saturated rings. The number of aryl methyl sites for hydroxylation is 1. The van der Waals surface area contributed by atoms with E-state index in [1.54, 1.807) is 33.8 Å².